The standard InChI is InChI=1S/C19H17F2N3O3/c20-12-3-1-11(2-4-12)18(26)22-7-8-23-19(27)15-10-17(25)24-16-6-5-13(21)9-14(15)16/h1-6,9,15H,7-8,10H2,(H,22,26)(H,23,27)(H,24,25)/t15-/m1/s1. The minimum Gasteiger partial charge on any atom is -0.354 e. The van der Waals surface area contributed by atoms with Gasteiger partial charge in [0.05, 0.1) is 5.92 Å². The Kier molecular flexibility index (Phi) is 5.44. The monoisotopic (exact) mass is 373 g/mol. The summed E-state index contributed by atoms with van der Waals surface area (Å²) in [4.78, 5) is 36.1. The number of hydrogen-bond acceptors (Lipinski definition) is 3. The number of nitrogens with one attached hydrogen (secondary N) is 3. The second-order valence-corrected chi connectivity index (χ2v) is 6.09. The molecule has 1 aliphatic heterocycles. The van der Waals surface area contributed by atoms with E-state index in [-0.39, 0.29) is 25.4 Å². The van der Waals surface area contributed by atoms with Crippen LogP contribution in [-0.2, 0) is 9.59 Å². The second-order valence-electron chi connectivity index (χ2n) is 6.09. The highest BCUT2D eigenvalue weighted by molar-refractivity contribution is 6.01. The van der Waals surface area contributed by atoms with Crippen molar-refractivity contribution in [1.29, 1.82) is 0 Å². The molecule has 8 heteroatoms. The third-order valence-corrected chi connectivity index (χ3v) is 4.19. The molecule has 0 spiro atoms. The van der Waals surface area contributed by atoms with Crippen LogP contribution in [0.15, 0.2) is 42.5 Å². The quantitative estimate of drug-likeness (QED) is 0.700. The predicted octanol–water partition coefficient (Wildman–Crippen LogP) is 1.94. The summed E-state index contributed by atoms with van der Waals surface area (Å²) < 4.78 is 26.3. The maximum Gasteiger partial charge on any atom is 0.251 e. The summed E-state index contributed by atoms with van der Waals surface area (Å²) in [7, 11) is 0. The molecule has 2 aromatic carbocycles. The van der Waals surface area contributed by atoms with Crippen molar-refractivity contribution in [3.8, 4) is 0 Å². The summed E-state index contributed by atoms with van der Waals surface area (Å²) >= 11 is 0. The molecule has 3 amide bonds. The van der Waals surface area contributed by atoms with Crippen molar-refractivity contribution in [2.45, 2.75) is 12.3 Å². The van der Waals surface area contributed by atoms with Gasteiger partial charge in [-0.3, -0.25) is 14.4 Å². The van der Waals surface area contributed by atoms with Crippen LogP contribution in [0.5, 0.6) is 0 Å². The van der Waals surface area contributed by atoms with Crippen molar-refractivity contribution in [2.24, 2.45) is 0 Å². The van der Waals surface area contributed by atoms with Gasteiger partial charge in [-0.05, 0) is 48.0 Å². The lowest BCUT2D eigenvalue weighted by Gasteiger charge is -2.24. The number of amides is 3. The van der Waals surface area contributed by atoms with Gasteiger partial charge >= 0.3 is 0 Å². The van der Waals surface area contributed by atoms with Crippen molar-refractivity contribution in [1.82, 2.24) is 10.6 Å². The first-order valence-electron chi connectivity index (χ1n) is 8.35. The second kappa shape index (κ2) is 7.94. The largest absolute Gasteiger partial charge is 0.354 e. The van der Waals surface area contributed by atoms with Crippen LogP contribution in [0.4, 0.5) is 14.5 Å². The third-order valence-electron chi connectivity index (χ3n) is 4.19. The molecule has 0 saturated heterocycles. The zero-order valence-corrected chi connectivity index (χ0v) is 14.2. The van der Waals surface area contributed by atoms with E-state index in [4.69, 9.17) is 0 Å². The minimum absolute atomic E-state index is 0.0791. The number of carbonyl (C=O) groups is 3. The van der Waals surface area contributed by atoms with Crippen molar-refractivity contribution in [3.63, 3.8) is 0 Å². The zero-order chi connectivity index (χ0) is 19.4. The van der Waals surface area contributed by atoms with Crippen LogP contribution in [0.1, 0.15) is 28.3 Å². The zero-order valence-electron chi connectivity index (χ0n) is 14.2. The van der Waals surface area contributed by atoms with E-state index in [1.807, 2.05) is 0 Å². The number of halogens is 2. The van der Waals surface area contributed by atoms with Crippen molar-refractivity contribution < 1.29 is 23.2 Å². The van der Waals surface area contributed by atoms with Crippen LogP contribution >= 0.6 is 0 Å². The molecule has 6 nitrogen and oxygen atoms in total. The Morgan fingerprint density at radius 1 is 1.00 bits per heavy atom. The van der Waals surface area contributed by atoms with Crippen LogP contribution in [0.25, 0.3) is 0 Å². The molecule has 3 rings (SSSR count). The maximum absolute atomic E-state index is 13.5. The topological polar surface area (TPSA) is 87.3 Å². The van der Waals surface area contributed by atoms with E-state index in [0.717, 1.165) is 0 Å². The molecule has 0 unspecified atom stereocenters. The molecular formula is C19H17F2N3O3. The smallest absolute Gasteiger partial charge is 0.251 e. The van der Waals surface area contributed by atoms with E-state index >= 15 is 0 Å². The fourth-order valence-electron chi connectivity index (χ4n) is 2.85. The molecule has 140 valence electrons. The molecular weight excluding hydrogens is 356 g/mol. The number of hydrogen-bond donors (Lipinski definition) is 3. The fraction of sp³-hybridized carbons (Fsp3) is 0.211. The Bertz CT molecular complexity index is 884. The molecule has 0 aromatic heterocycles. The Labute approximate surface area is 154 Å². The Morgan fingerprint density at radius 2 is 1.67 bits per heavy atom. The van der Waals surface area contributed by atoms with Gasteiger partial charge in [-0.1, -0.05) is 0 Å². The van der Waals surface area contributed by atoms with Crippen molar-refractivity contribution in [3.05, 3.63) is 65.2 Å². The molecule has 1 heterocycles. The first kappa shape index (κ1) is 18.5. The average Bonchev–Trinajstić information content (AvgIpc) is 2.65. The summed E-state index contributed by atoms with van der Waals surface area (Å²) in [6.07, 6.45) is -0.0791. The highest BCUT2D eigenvalue weighted by Crippen LogP contribution is 2.32. The number of rotatable bonds is 5. The summed E-state index contributed by atoms with van der Waals surface area (Å²) in [5.74, 6) is -2.86. The van der Waals surface area contributed by atoms with Crippen LogP contribution in [0, 0.1) is 11.6 Å². The van der Waals surface area contributed by atoms with Gasteiger partial charge in [0.25, 0.3) is 5.91 Å². The maximum atomic E-state index is 13.5. The van der Waals surface area contributed by atoms with Gasteiger partial charge in [0.2, 0.25) is 11.8 Å². The SMILES string of the molecule is O=C1C[C@@H](C(=O)NCCNC(=O)c2ccc(F)cc2)c2cc(F)ccc2N1. The summed E-state index contributed by atoms with van der Waals surface area (Å²) in [5.41, 5.74) is 1.14. The minimum atomic E-state index is -0.794. The van der Waals surface area contributed by atoms with E-state index in [2.05, 4.69) is 16.0 Å². The average molecular weight is 373 g/mol. The Hall–Kier alpha value is -3.29. The van der Waals surface area contributed by atoms with Gasteiger partial charge in [-0.2, -0.15) is 0 Å². The Morgan fingerprint density at radius 3 is 2.41 bits per heavy atom. The van der Waals surface area contributed by atoms with Gasteiger partial charge in [0.1, 0.15) is 11.6 Å². The molecule has 0 radical (unpaired) electrons. The van der Waals surface area contributed by atoms with E-state index < -0.39 is 29.4 Å². The Balaban J connectivity index is 1.54. The number of carbonyl (C=O) groups excluding carboxylic acids is 3. The van der Waals surface area contributed by atoms with Crippen LogP contribution < -0.4 is 16.0 Å². The van der Waals surface area contributed by atoms with Crippen molar-refractivity contribution >= 4 is 23.4 Å². The van der Waals surface area contributed by atoms with Gasteiger partial charge in [-0.15, -0.1) is 0 Å². The molecule has 0 saturated carbocycles. The van der Waals surface area contributed by atoms with E-state index in [1.54, 1.807) is 0 Å². The lowest BCUT2D eigenvalue weighted by atomic mass is 9.89. The van der Waals surface area contributed by atoms with Gasteiger partial charge in [0.15, 0.2) is 0 Å². The first-order valence-corrected chi connectivity index (χ1v) is 8.35. The summed E-state index contributed by atoms with van der Waals surface area (Å²) in [5, 5.41) is 7.84. The first-order chi connectivity index (χ1) is 12.9. The number of fused-ring (bicyclic) bond motifs is 1. The highest BCUT2D eigenvalue weighted by atomic mass is 19.1. The van der Waals surface area contributed by atoms with Crippen LogP contribution in [0.3, 0.4) is 0 Å². The molecule has 0 fully saturated rings. The summed E-state index contributed by atoms with van der Waals surface area (Å²) in [6.45, 7) is 0.283. The molecule has 3 N–H and O–H groups in total. The molecule has 1 aliphatic rings. The predicted molar refractivity (Wildman–Crippen MR) is 94.1 cm³/mol. The lowest BCUT2D eigenvalue weighted by Crippen LogP contribution is -2.39. The lowest BCUT2D eigenvalue weighted by molar-refractivity contribution is -0.126. The fourth-order valence-corrected chi connectivity index (χ4v) is 2.85. The van der Waals surface area contributed by atoms with Crippen LogP contribution in [0.2, 0.25) is 0 Å². The number of benzene rings is 2. The number of anilines is 1. The van der Waals surface area contributed by atoms with E-state index in [1.165, 1.54) is 42.5 Å². The van der Waals surface area contributed by atoms with Gasteiger partial charge < -0.3 is 16.0 Å². The van der Waals surface area contributed by atoms with Gasteiger partial charge in [0, 0.05) is 30.8 Å². The molecule has 1 atom stereocenters. The highest BCUT2D eigenvalue weighted by Gasteiger charge is 2.30. The van der Waals surface area contributed by atoms with Crippen LogP contribution in [-0.4, -0.2) is 30.8 Å². The normalized spacial score (nSPS) is 15.5. The van der Waals surface area contributed by atoms with E-state index in [9.17, 15) is 23.2 Å². The molecule has 27 heavy (non-hydrogen) atoms. The van der Waals surface area contributed by atoms with E-state index in [0.29, 0.717) is 16.8 Å². The molecule has 2 aromatic rings. The third kappa shape index (κ3) is 4.46. The summed E-state index contributed by atoms with van der Waals surface area (Å²) in [6, 6.07) is 8.94. The molecule has 0 aliphatic carbocycles. The van der Waals surface area contributed by atoms with Crippen molar-refractivity contribution in [2.75, 3.05) is 18.4 Å². The van der Waals surface area contributed by atoms with Gasteiger partial charge in [-0.25, -0.2) is 8.78 Å². The molecule has 0 bridgehead atoms.